The number of benzene rings is 2. The lowest BCUT2D eigenvalue weighted by molar-refractivity contribution is -0.166. The zero-order valence-corrected chi connectivity index (χ0v) is 26.2. The number of nitrogens with zero attached hydrogens (tertiary/aromatic N) is 3. The molecule has 1 atom stereocenters. The smallest absolute Gasteiger partial charge is 0.339 e. The van der Waals surface area contributed by atoms with Crippen LogP contribution in [0.4, 0.5) is 0 Å². The molecule has 0 spiro atoms. The van der Waals surface area contributed by atoms with Gasteiger partial charge in [0.05, 0.1) is 40.8 Å². The standard InChI is InChI=1S/C33H34ClN3O4S/c1-7-40-32(38)28(41-33(3,4)5)26-19(2)17-25-29(27(26)20-10-12-22(34)13-11-20)42-31(37-25)21-14-16-35-24(18-21)23-9-8-15-36-30(23)39-6/h8-13,15,17-18,28H,7,14,16H2,1-6H3/t28-/m0/s1. The fourth-order valence-electron chi connectivity index (χ4n) is 5.05. The summed E-state index contributed by atoms with van der Waals surface area (Å²) in [6.45, 7) is 10.5. The van der Waals surface area contributed by atoms with Gasteiger partial charge in [-0.25, -0.2) is 14.8 Å². The van der Waals surface area contributed by atoms with Gasteiger partial charge in [-0.2, -0.15) is 0 Å². The molecule has 0 unspecified atom stereocenters. The molecular formula is C33H34ClN3O4S. The third-order valence-corrected chi connectivity index (χ3v) is 8.20. The second kappa shape index (κ2) is 12.3. The number of ether oxygens (including phenoxy) is 3. The molecule has 2 aromatic carbocycles. The Morgan fingerprint density at radius 2 is 1.93 bits per heavy atom. The van der Waals surface area contributed by atoms with E-state index < -0.39 is 17.7 Å². The monoisotopic (exact) mass is 603 g/mol. The molecule has 0 N–H and O–H groups in total. The molecule has 0 aliphatic carbocycles. The summed E-state index contributed by atoms with van der Waals surface area (Å²) < 4.78 is 18.4. The maximum absolute atomic E-state index is 13.4. The predicted molar refractivity (Wildman–Crippen MR) is 170 cm³/mol. The van der Waals surface area contributed by atoms with Crippen molar-refractivity contribution in [3.05, 3.63) is 81.5 Å². The lowest BCUT2D eigenvalue weighted by Crippen LogP contribution is -2.29. The number of thiazole rings is 1. The first-order valence-electron chi connectivity index (χ1n) is 13.9. The third-order valence-electron chi connectivity index (χ3n) is 6.78. The van der Waals surface area contributed by atoms with Crippen molar-refractivity contribution in [2.45, 2.75) is 52.7 Å². The lowest BCUT2D eigenvalue weighted by atomic mass is 9.91. The molecule has 9 heteroatoms. The van der Waals surface area contributed by atoms with Gasteiger partial charge in [-0.05, 0) is 94.1 Å². The summed E-state index contributed by atoms with van der Waals surface area (Å²) in [6, 6.07) is 13.5. The number of methoxy groups -OCH3 is 1. The van der Waals surface area contributed by atoms with E-state index in [0.29, 0.717) is 17.4 Å². The number of allylic oxidation sites excluding steroid dienone is 1. The number of aryl methyl sites for hydroxylation is 1. The molecule has 0 bridgehead atoms. The summed E-state index contributed by atoms with van der Waals surface area (Å²) in [6.07, 6.45) is 3.61. The average molecular weight is 604 g/mol. The van der Waals surface area contributed by atoms with Gasteiger partial charge in [-0.3, -0.25) is 4.99 Å². The summed E-state index contributed by atoms with van der Waals surface area (Å²) in [7, 11) is 1.61. The molecule has 1 aliphatic rings. The van der Waals surface area contributed by atoms with Crippen LogP contribution >= 0.6 is 22.9 Å². The number of esters is 1. The fourth-order valence-corrected chi connectivity index (χ4v) is 6.34. The van der Waals surface area contributed by atoms with Crippen LogP contribution in [0.5, 0.6) is 5.88 Å². The van der Waals surface area contributed by atoms with E-state index in [1.165, 1.54) is 0 Å². The topological polar surface area (TPSA) is 82.9 Å². The Bertz CT molecular complexity index is 1690. The van der Waals surface area contributed by atoms with Gasteiger partial charge in [0.1, 0.15) is 5.01 Å². The Morgan fingerprint density at radius 3 is 2.62 bits per heavy atom. The van der Waals surface area contributed by atoms with E-state index in [-0.39, 0.29) is 6.61 Å². The molecule has 5 rings (SSSR count). The van der Waals surface area contributed by atoms with E-state index in [1.807, 2.05) is 70.2 Å². The minimum atomic E-state index is -0.920. The summed E-state index contributed by atoms with van der Waals surface area (Å²) in [5, 5.41) is 1.53. The predicted octanol–water partition coefficient (Wildman–Crippen LogP) is 8.02. The van der Waals surface area contributed by atoms with E-state index in [1.54, 1.807) is 31.6 Å². The maximum Gasteiger partial charge on any atom is 0.339 e. The highest BCUT2D eigenvalue weighted by atomic mass is 35.5. The summed E-state index contributed by atoms with van der Waals surface area (Å²) in [4.78, 5) is 27.6. The number of fused-ring (bicyclic) bond motifs is 1. The second-order valence-corrected chi connectivity index (χ2v) is 12.4. The summed E-state index contributed by atoms with van der Waals surface area (Å²) in [5.41, 5.74) is 6.48. The van der Waals surface area contributed by atoms with Gasteiger partial charge in [-0.1, -0.05) is 23.7 Å². The molecule has 0 radical (unpaired) electrons. The van der Waals surface area contributed by atoms with Crippen LogP contribution in [-0.4, -0.2) is 47.5 Å². The van der Waals surface area contributed by atoms with Gasteiger partial charge in [0, 0.05) is 28.9 Å². The Kier molecular flexibility index (Phi) is 8.78. The molecule has 4 aromatic rings. The van der Waals surface area contributed by atoms with Gasteiger partial charge in [-0.15, -0.1) is 11.3 Å². The highest BCUT2D eigenvalue weighted by Crippen LogP contribution is 2.44. The fraction of sp³-hybridized carbons (Fsp3) is 0.333. The average Bonchev–Trinajstić information content (AvgIpc) is 3.39. The quantitative estimate of drug-likeness (QED) is 0.190. The van der Waals surface area contributed by atoms with Gasteiger partial charge in [0.15, 0.2) is 6.10 Å². The minimum Gasteiger partial charge on any atom is -0.481 e. The Balaban J connectivity index is 1.71. The third kappa shape index (κ3) is 6.26. The zero-order valence-electron chi connectivity index (χ0n) is 24.7. The van der Waals surface area contributed by atoms with E-state index in [0.717, 1.165) is 60.7 Å². The number of aliphatic imine (C=N–C) groups is 1. The van der Waals surface area contributed by atoms with Crippen LogP contribution < -0.4 is 4.74 Å². The Labute approximate surface area is 255 Å². The van der Waals surface area contributed by atoms with Gasteiger partial charge in [0.25, 0.3) is 0 Å². The van der Waals surface area contributed by atoms with E-state index in [2.05, 4.69) is 11.1 Å². The first-order valence-corrected chi connectivity index (χ1v) is 15.1. The molecule has 42 heavy (non-hydrogen) atoms. The largest absolute Gasteiger partial charge is 0.481 e. The zero-order chi connectivity index (χ0) is 30.0. The number of carbonyl (C=O) groups is 1. The number of carbonyl (C=O) groups excluding carboxylic acids is 1. The molecule has 3 heterocycles. The summed E-state index contributed by atoms with van der Waals surface area (Å²) >= 11 is 7.88. The number of hydrogen-bond acceptors (Lipinski definition) is 8. The van der Waals surface area contributed by atoms with Crippen molar-refractivity contribution in [3.63, 3.8) is 0 Å². The first kappa shape index (κ1) is 29.9. The van der Waals surface area contributed by atoms with Crippen molar-refractivity contribution in [2.75, 3.05) is 20.3 Å². The van der Waals surface area contributed by atoms with Crippen LogP contribution in [0.15, 0.2) is 59.7 Å². The van der Waals surface area contributed by atoms with Crippen LogP contribution in [0.3, 0.4) is 0 Å². The molecule has 0 amide bonds. The number of aromatic nitrogens is 2. The second-order valence-electron chi connectivity index (χ2n) is 11.0. The van der Waals surface area contributed by atoms with Crippen molar-refractivity contribution in [3.8, 4) is 17.0 Å². The molecule has 1 aliphatic heterocycles. The lowest BCUT2D eigenvalue weighted by Gasteiger charge is -2.29. The SMILES string of the molecule is CCOC(=O)[C@@H](OC(C)(C)C)c1c(C)cc2nc(C3=CC(c4cccnc4OC)=NCC3)sc2c1-c1ccc(Cl)cc1. The van der Waals surface area contributed by atoms with Crippen molar-refractivity contribution >= 4 is 50.4 Å². The maximum atomic E-state index is 13.4. The molecule has 2 aromatic heterocycles. The highest BCUT2D eigenvalue weighted by molar-refractivity contribution is 7.20. The molecule has 0 saturated heterocycles. The van der Waals surface area contributed by atoms with Gasteiger partial charge < -0.3 is 14.2 Å². The van der Waals surface area contributed by atoms with Crippen molar-refractivity contribution in [1.29, 1.82) is 0 Å². The Morgan fingerprint density at radius 1 is 1.17 bits per heavy atom. The molecule has 0 saturated carbocycles. The van der Waals surface area contributed by atoms with Crippen molar-refractivity contribution in [2.24, 2.45) is 4.99 Å². The summed E-state index contributed by atoms with van der Waals surface area (Å²) in [5.74, 6) is 0.114. The van der Waals surface area contributed by atoms with E-state index in [4.69, 9.17) is 35.8 Å². The highest BCUT2D eigenvalue weighted by Gasteiger charge is 2.33. The molecule has 218 valence electrons. The van der Waals surface area contributed by atoms with Gasteiger partial charge in [0.2, 0.25) is 5.88 Å². The number of halogens is 1. The number of rotatable bonds is 8. The van der Waals surface area contributed by atoms with Crippen LogP contribution in [0.1, 0.15) is 61.9 Å². The van der Waals surface area contributed by atoms with Crippen molar-refractivity contribution in [1.82, 2.24) is 9.97 Å². The van der Waals surface area contributed by atoms with Gasteiger partial charge >= 0.3 is 5.97 Å². The molecule has 0 fully saturated rings. The molecule has 7 nitrogen and oxygen atoms in total. The number of dihydropyridines is 1. The van der Waals surface area contributed by atoms with Crippen LogP contribution in [0.2, 0.25) is 5.02 Å². The normalized spacial score (nSPS) is 14.4. The van der Waals surface area contributed by atoms with E-state index in [9.17, 15) is 4.79 Å². The van der Waals surface area contributed by atoms with Crippen LogP contribution in [0, 0.1) is 6.92 Å². The number of pyridine rings is 1. The van der Waals surface area contributed by atoms with Crippen LogP contribution in [0.25, 0.3) is 26.9 Å². The Hall–Kier alpha value is -3.59. The van der Waals surface area contributed by atoms with E-state index >= 15 is 0 Å². The minimum absolute atomic E-state index is 0.255. The number of hydrogen-bond donors (Lipinski definition) is 0. The first-order chi connectivity index (χ1) is 20.1. The molecular weight excluding hydrogens is 570 g/mol. The van der Waals surface area contributed by atoms with Crippen molar-refractivity contribution < 1.29 is 19.0 Å². The van der Waals surface area contributed by atoms with Crippen LogP contribution in [-0.2, 0) is 14.3 Å².